The second-order valence-corrected chi connectivity index (χ2v) is 2.76. The van der Waals surface area contributed by atoms with E-state index >= 15 is 0 Å². The van der Waals surface area contributed by atoms with Crippen LogP contribution in [0.5, 0.6) is 0 Å². The van der Waals surface area contributed by atoms with Crippen LogP contribution >= 0.6 is 0 Å². The van der Waals surface area contributed by atoms with Crippen molar-refractivity contribution in [1.82, 2.24) is 0 Å². The van der Waals surface area contributed by atoms with E-state index in [9.17, 15) is 0 Å². The molecule has 2 nitrogen and oxygen atoms in total. The fraction of sp³-hybridized carbons (Fsp3) is 0.333. The molecular formula is C9H12O2. The zero-order valence-corrected chi connectivity index (χ0v) is 6.33. The zero-order chi connectivity index (χ0) is 8.32. The summed E-state index contributed by atoms with van der Waals surface area (Å²) < 4.78 is 0. The molecule has 0 amide bonds. The summed E-state index contributed by atoms with van der Waals surface area (Å²) in [6, 6.07) is 0. The summed E-state index contributed by atoms with van der Waals surface area (Å²) in [5.74, 6) is 0.260. The summed E-state index contributed by atoms with van der Waals surface area (Å²) in [4.78, 5) is 0. The smallest absolute Gasteiger partial charge is 0.111 e. The molecule has 2 heteroatoms. The van der Waals surface area contributed by atoms with Gasteiger partial charge in [0.25, 0.3) is 0 Å². The molecule has 0 aromatic carbocycles. The topological polar surface area (TPSA) is 40.5 Å². The maximum Gasteiger partial charge on any atom is 0.111 e. The minimum atomic E-state index is -0.355. The van der Waals surface area contributed by atoms with E-state index in [-0.39, 0.29) is 17.8 Å². The molecule has 11 heavy (non-hydrogen) atoms. The molecule has 1 rings (SSSR count). The standard InChI is InChI=1S/C9H12O2/c1-2-9(7-10)5-3-8(11)4-6-9/h2-5,10-11H,1,6-7H2. The number of hydrogen-bond acceptors (Lipinski definition) is 2. The third-order valence-corrected chi connectivity index (χ3v) is 1.98. The Morgan fingerprint density at radius 3 is 2.82 bits per heavy atom. The first-order valence-corrected chi connectivity index (χ1v) is 3.55. The highest BCUT2D eigenvalue weighted by Crippen LogP contribution is 2.29. The van der Waals surface area contributed by atoms with Crippen LogP contribution in [0.25, 0.3) is 0 Å². The van der Waals surface area contributed by atoms with E-state index in [4.69, 9.17) is 10.2 Å². The molecule has 0 fully saturated rings. The lowest BCUT2D eigenvalue weighted by atomic mass is 9.82. The van der Waals surface area contributed by atoms with Gasteiger partial charge in [-0.15, -0.1) is 6.58 Å². The Bertz CT molecular complexity index is 216. The first kappa shape index (κ1) is 8.08. The van der Waals surface area contributed by atoms with Crippen LogP contribution in [-0.4, -0.2) is 16.8 Å². The van der Waals surface area contributed by atoms with Gasteiger partial charge in [0.05, 0.1) is 6.61 Å². The van der Waals surface area contributed by atoms with E-state index in [0.29, 0.717) is 6.42 Å². The summed E-state index contributed by atoms with van der Waals surface area (Å²) in [6.45, 7) is 3.67. The monoisotopic (exact) mass is 152 g/mol. The molecule has 0 radical (unpaired) electrons. The lowest BCUT2D eigenvalue weighted by Gasteiger charge is -2.24. The molecule has 0 aliphatic heterocycles. The van der Waals surface area contributed by atoms with Gasteiger partial charge >= 0.3 is 0 Å². The van der Waals surface area contributed by atoms with E-state index in [1.165, 1.54) is 0 Å². The molecule has 0 spiro atoms. The van der Waals surface area contributed by atoms with Gasteiger partial charge in [-0.2, -0.15) is 0 Å². The molecule has 0 saturated carbocycles. The number of aliphatic hydroxyl groups is 2. The van der Waals surface area contributed by atoms with Crippen molar-refractivity contribution in [3.63, 3.8) is 0 Å². The number of aliphatic hydroxyl groups excluding tert-OH is 2. The second kappa shape index (κ2) is 2.93. The number of allylic oxidation sites excluding steroid dienone is 2. The fourth-order valence-corrected chi connectivity index (χ4v) is 1.02. The molecule has 0 aromatic rings. The van der Waals surface area contributed by atoms with Gasteiger partial charge in [0.15, 0.2) is 0 Å². The lowest BCUT2D eigenvalue weighted by molar-refractivity contribution is 0.205. The SMILES string of the molecule is C=CC1(CO)C=CC(O)=CC1. The van der Waals surface area contributed by atoms with Crippen molar-refractivity contribution in [3.05, 3.63) is 36.6 Å². The highest BCUT2D eigenvalue weighted by Gasteiger charge is 2.23. The third kappa shape index (κ3) is 1.52. The van der Waals surface area contributed by atoms with Crippen LogP contribution in [-0.2, 0) is 0 Å². The van der Waals surface area contributed by atoms with Crippen molar-refractivity contribution < 1.29 is 10.2 Å². The fourth-order valence-electron chi connectivity index (χ4n) is 1.02. The molecule has 0 aromatic heterocycles. The maximum atomic E-state index is 8.99. The normalized spacial score (nSPS) is 29.7. The molecule has 0 saturated heterocycles. The Hall–Kier alpha value is -1.02. The minimum Gasteiger partial charge on any atom is -0.508 e. The van der Waals surface area contributed by atoms with Crippen molar-refractivity contribution in [2.75, 3.05) is 6.61 Å². The van der Waals surface area contributed by atoms with Gasteiger partial charge in [0.2, 0.25) is 0 Å². The van der Waals surface area contributed by atoms with Crippen LogP contribution < -0.4 is 0 Å². The molecule has 1 atom stereocenters. The average Bonchev–Trinajstić information content (AvgIpc) is 2.07. The van der Waals surface area contributed by atoms with E-state index in [1.807, 2.05) is 0 Å². The van der Waals surface area contributed by atoms with Gasteiger partial charge in [-0.1, -0.05) is 12.2 Å². The summed E-state index contributed by atoms with van der Waals surface area (Å²) in [6.07, 6.45) is 7.36. The van der Waals surface area contributed by atoms with Crippen LogP contribution in [0.2, 0.25) is 0 Å². The van der Waals surface area contributed by atoms with Gasteiger partial charge in [0.1, 0.15) is 5.76 Å². The molecule has 0 bridgehead atoms. The van der Waals surface area contributed by atoms with Gasteiger partial charge in [0, 0.05) is 5.41 Å². The molecule has 1 aliphatic carbocycles. The predicted molar refractivity (Wildman–Crippen MR) is 44.2 cm³/mol. The first-order valence-electron chi connectivity index (χ1n) is 3.55. The van der Waals surface area contributed by atoms with E-state index in [0.717, 1.165) is 0 Å². The molecule has 2 N–H and O–H groups in total. The van der Waals surface area contributed by atoms with E-state index < -0.39 is 0 Å². The Kier molecular flexibility index (Phi) is 2.15. The van der Waals surface area contributed by atoms with Crippen molar-refractivity contribution in [1.29, 1.82) is 0 Å². The highest BCUT2D eigenvalue weighted by atomic mass is 16.3. The lowest BCUT2D eigenvalue weighted by Crippen LogP contribution is -2.20. The largest absolute Gasteiger partial charge is 0.508 e. The van der Waals surface area contributed by atoms with Crippen molar-refractivity contribution in [2.24, 2.45) is 5.41 Å². The van der Waals surface area contributed by atoms with E-state index in [1.54, 1.807) is 24.3 Å². The van der Waals surface area contributed by atoms with Crippen molar-refractivity contribution in [3.8, 4) is 0 Å². The highest BCUT2D eigenvalue weighted by molar-refractivity contribution is 5.25. The van der Waals surface area contributed by atoms with Gasteiger partial charge in [-0.05, 0) is 18.6 Å². The molecular weight excluding hydrogens is 140 g/mol. The number of hydrogen-bond donors (Lipinski definition) is 2. The van der Waals surface area contributed by atoms with Crippen LogP contribution in [0.3, 0.4) is 0 Å². The van der Waals surface area contributed by atoms with Crippen LogP contribution in [0.1, 0.15) is 6.42 Å². The minimum absolute atomic E-state index is 0.0385. The quantitative estimate of drug-likeness (QED) is 0.589. The Morgan fingerprint density at radius 2 is 2.45 bits per heavy atom. The average molecular weight is 152 g/mol. The summed E-state index contributed by atoms with van der Waals surface area (Å²) >= 11 is 0. The van der Waals surface area contributed by atoms with Crippen LogP contribution in [0.15, 0.2) is 36.6 Å². The Balaban J connectivity index is 2.79. The van der Waals surface area contributed by atoms with Crippen LogP contribution in [0.4, 0.5) is 0 Å². The predicted octanol–water partition coefficient (Wildman–Crippen LogP) is 1.55. The molecule has 1 aliphatic rings. The third-order valence-electron chi connectivity index (χ3n) is 1.98. The number of rotatable bonds is 2. The second-order valence-electron chi connectivity index (χ2n) is 2.76. The summed E-state index contributed by atoms with van der Waals surface area (Å²) in [5.41, 5.74) is -0.355. The molecule has 1 unspecified atom stereocenters. The maximum absolute atomic E-state index is 8.99. The Morgan fingerprint density at radius 1 is 1.73 bits per heavy atom. The van der Waals surface area contributed by atoms with Crippen LogP contribution in [0, 0.1) is 5.41 Å². The van der Waals surface area contributed by atoms with Crippen molar-refractivity contribution >= 4 is 0 Å². The van der Waals surface area contributed by atoms with Gasteiger partial charge in [-0.3, -0.25) is 0 Å². The Labute approximate surface area is 66.2 Å². The van der Waals surface area contributed by atoms with Crippen molar-refractivity contribution in [2.45, 2.75) is 6.42 Å². The van der Waals surface area contributed by atoms with Gasteiger partial charge in [-0.25, -0.2) is 0 Å². The molecule has 60 valence electrons. The first-order chi connectivity index (χ1) is 5.22. The summed E-state index contributed by atoms with van der Waals surface area (Å²) in [5, 5.41) is 18.0. The van der Waals surface area contributed by atoms with Gasteiger partial charge < -0.3 is 10.2 Å². The zero-order valence-electron chi connectivity index (χ0n) is 6.33. The summed E-state index contributed by atoms with van der Waals surface area (Å²) in [7, 11) is 0. The van der Waals surface area contributed by atoms with E-state index in [2.05, 4.69) is 6.58 Å². The molecule has 0 heterocycles.